The van der Waals surface area contributed by atoms with Crippen LogP contribution in [0.1, 0.15) is 5.56 Å². The topological polar surface area (TPSA) is 48.7 Å². The zero-order valence-corrected chi connectivity index (χ0v) is 15.1. The lowest BCUT2D eigenvalue weighted by atomic mass is 10.1. The SMILES string of the molecule is COc1ccc(-c2oc3ccccc3c(=O)c2OCc2ccc(F)cc2)cc1. The third-order valence-electron chi connectivity index (χ3n) is 4.40. The molecule has 28 heavy (non-hydrogen) atoms. The van der Waals surface area contributed by atoms with Gasteiger partial charge >= 0.3 is 0 Å². The maximum absolute atomic E-state index is 13.1. The van der Waals surface area contributed by atoms with Crippen LogP contribution in [0.3, 0.4) is 0 Å². The number of ether oxygens (including phenoxy) is 2. The Labute approximate surface area is 160 Å². The zero-order chi connectivity index (χ0) is 19.5. The number of para-hydroxylation sites is 1. The van der Waals surface area contributed by atoms with Crippen molar-refractivity contribution in [3.8, 4) is 22.8 Å². The Kier molecular flexibility index (Phi) is 4.81. The Morgan fingerprint density at radius 1 is 0.929 bits per heavy atom. The van der Waals surface area contributed by atoms with E-state index in [9.17, 15) is 9.18 Å². The van der Waals surface area contributed by atoms with Crippen molar-refractivity contribution in [1.29, 1.82) is 0 Å². The van der Waals surface area contributed by atoms with E-state index in [4.69, 9.17) is 13.9 Å². The van der Waals surface area contributed by atoms with Crippen molar-refractivity contribution in [2.75, 3.05) is 7.11 Å². The Bertz CT molecular complexity index is 1160. The van der Waals surface area contributed by atoms with Crippen molar-refractivity contribution in [1.82, 2.24) is 0 Å². The van der Waals surface area contributed by atoms with Crippen molar-refractivity contribution < 1.29 is 18.3 Å². The molecule has 0 aliphatic carbocycles. The molecule has 0 spiro atoms. The van der Waals surface area contributed by atoms with Gasteiger partial charge in [-0.25, -0.2) is 4.39 Å². The third kappa shape index (κ3) is 3.47. The van der Waals surface area contributed by atoms with Crippen LogP contribution in [0.5, 0.6) is 11.5 Å². The van der Waals surface area contributed by atoms with E-state index in [1.807, 2.05) is 6.07 Å². The average Bonchev–Trinajstić information content (AvgIpc) is 2.74. The lowest BCUT2D eigenvalue weighted by molar-refractivity contribution is 0.297. The fourth-order valence-corrected chi connectivity index (χ4v) is 2.92. The molecule has 0 fully saturated rings. The first-order chi connectivity index (χ1) is 13.7. The van der Waals surface area contributed by atoms with Crippen LogP contribution in [0.4, 0.5) is 4.39 Å². The van der Waals surface area contributed by atoms with Crippen LogP contribution in [0.15, 0.2) is 82.0 Å². The summed E-state index contributed by atoms with van der Waals surface area (Å²) in [5.41, 5.74) is 1.66. The second-order valence-corrected chi connectivity index (χ2v) is 6.23. The molecule has 140 valence electrons. The molecule has 0 saturated carbocycles. The molecule has 5 heteroatoms. The van der Waals surface area contributed by atoms with Gasteiger partial charge in [0.25, 0.3) is 0 Å². The van der Waals surface area contributed by atoms with Crippen LogP contribution in [0.25, 0.3) is 22.3 Å². The Hall–Kier alpha value is -3.60. The molecular formula is C23H17FO4. The summed E-state index contributed by atoms with van der Waals surface area (Å²) in [6, 6.07) is 20.1. The minimum Gasteiger partial charge on any atom is -0.497 e. The number of fused-ring (bicyclic) bond motifs is 1. The van der Waals surface area contributed by atoms with Gasteiger partial charge in [-0.1, -0.05) is 24.3 Å². The predicted octanol–water partition coefficient (Wildman–Crippen LogP) is 5.19. The standard InChI is InChI=1S/C23H17FO4/c1-26-18-12-8-16(9-13-18)22-23(27-14-15-6-10-17(24)11-7-15)21(25)19-4-2-3-5-20(19)28-22/h2-13H,14H2,1H3. The molecule has 3 aromatic carbocycles. The highest BCUT2D eigenvalue weighted by Crippen LogP contribution is 2.32. The van der Waals surface area contributed by atoms with Crippen molar-refractivity contribution in [2.24, 2.45) is 0 Å². The first-order valence-electron chi connectivity index (χ1n) is 8.73. The first kappa shape index (κ1) is 17.8. The Morgan fingerprint density at radius 3 is 2.36 bits per heavy atom. The summed E-state index contributed by atoms with van der Waals surface area (Å²) >= 11 is 0. The molecule has 0 radical (unpaired) electrons. The van der Waals surface area contributed by atoms with Crippen molar-refractivity contribution in [2.45, 2.75) is 6.61 Å². The molecule has 1 aromatic heterocycles. The van der Waals surface area contributed by atoms with Crippen molar-refractivity contribution in [3.63, 3.8) is 0 Å². The summed E-state index contributed by atoms with van der Waals surface area (Å²) in [6.07, 6.45) is 0. The molecule has 0 saturated heterocycles. The molecule has 0 bridgehead atoms. The lowest BCUT2D eigenvalue weighted by Crippen LogP contribution is -2.10. The van der Waals surface area contributed by atoms with E-state index in [0.717, 1.165) is 5.56 Å². The minimum atomic E-state index is -0.326. The van der Waals surface area contributed by atoms with Crippen LogP contribution in [-0.4, -0.2) is 7.11 Å². The van der Waals surface area contributed by atoms with Gasteiger partial charge < -0.3 is 13.9 Å². The van der Waals surface area contributed by atoms with E-state index in [1.165, 1.54) is 12.1 Å². The van der Waals surface area contributed by atoms with Crippen molar-refractivity contribution in [3.05, 3.63) is 94.4 Å². The number of methoxy groups -OCH3 is 1. The normalized spacial score (nSPS) is 10.8. The van der Waals surface area contributed by atoms with Crippen LogP contribution in [-0.2, 0) is 6.61 Å². The molecule has 0 N–H and O–H groups in total. The van der Waals surface area contributed by atoms with Gasteiger partial charge in [0.2, 0.25) is 11.2 Å². The van der Waals surface area contributed by atoms with Gasteiger partial charge in [0.1, 0.15) is 23.8 Å². The molecule has 0 atom stereocenters. The largest absolute Gasteiger partial charge is 0.497 e. The molecule has 1 heterocycles. The molecule has 0 aliphatic rings. The molecule has 4 rings (SSSR count). The quantitative estimate of drug-likeness (QED) is 0.481. The van der Waals surface area contributed by atoms with Gasteiger partial charge in [-0.2, -0.15) is 0 Å². The first-order valence-corrected chi connectivity index (χ1v) is 8.73. The smallest absolute Gasteiger partial charge is 0.235 e. The highest BCUT2D eigenvalue weighted by Gasteiger charge is 2.18. The summed E-state index contributed by atoms with van der Waals surface area (Å²) in [5, 5.41) is 0.439. The highest BCUT2D eigenvalue weighted by atomic mass is 19.1. The second kappa shape index (κ2) is 7.56. The fraction of sp³-hybridized carbons (Fsp3) is 0.0870. The number of hydrogen-bond acceptors (Lipinski definition) is 4. The predicted molar refractivity (Wildman–Crippen MR) is 105 cm³/mol. The molecule has 0 amide bonds. The van der Waals surface area contributed by atoms with E-state index >= 15 is 0 Å². The van der Waals surface area contributed by atoms with E-state index < -0.39 is 0 Å². The van der Waals surface area contributed by atoms with Crippen LogP contribution in [0, 0.1) is 5.82 Å². The lowest BCUT2D eigenvalue weighted by Gasteiger charge is -2.12. The summed E-state index contributed by atoms with van der Waals surface area (Å²) in [4.78, 5) is 13.1. The summed E-state index contributed by atoms with van der Waals surface area (Å²) in [7, 11) is 1.59. The molecular weight excluding hydrogens is 359 g/mol. The zero-order valence-electron chi connectivity index (χ0n) is 15.1. The summed E-state index contributed by atoms with van der Waals surface area (Å²) < 4.78 is 30.2. The van der Waals surface area contributed by atoms with E-state index in [-0.39, 0.29) is 23.6 Å². The summed E-state index contributed by atoms with van der Waals surface area (Å²) in [5.74, 6) is 0.829. The van der Waals surface area contributed by atoms with E-state index in [1.54, 1.807) is 61.7 Å². The average molecular weight is 376 g/mol. The Balaban J connectivity index is 1.80. The molecule has 0 aliphatic heterocycles. The van der Waals surface area contributed by atoms with Gasteiger partial charge in [0.15, 0.2) is 5.76 Å². The number of rotatable bonds is 5. The number of benzene rings is 3. The maximum Gasteiger partial charge on any atom is 0.235 e. The number of halogens is 1. The van der Waals surface area contributed by atoms with Gasteiger partial charge in [0.05, 0.1) is 12.5 Å². The van der Waals surface area contributed by atoms with Crippen LogP contribution < -0.4 is 14.9 Å². The second-order valence-electron chi connectivity index (χ2n) is 6.23. The molecule has 4 aromatic rings. The van der Waals surface area contributed by atoms with Gasteiger partial charge in [-0.3, -0.25) is 4.79 Å². The maximum atomic E-state index is 13.1. The van der Waals surface area contributed by atoms with Crippen LogP contribution >= 0.6 is 0 Å². The molecule has 0 unspecified atom stereocenters. The van der Waals surface area contributed by atoms with Gasteiger partial charge in [0, 0.05) is 5.56 Å². The van der Waals surface area contributed by atoms with Crippen LogP contribution in [0.2, 0.25) is 0 Å². The highest BCUT2D eigenvalue weighted by molar-refractivity contribution is 5.82. The Morgan fingerprint density at radius 2 is 1.64 bits per heavy atom. The monoisotopic (exact) mass is 376 g/mol. The molecule has 4 nitrogen and oxygen atoms in total. The van der Waals surface area contributed by atoms with Crippen molar-refractivity contribution >= 4 is 11.0 Å². The fourth-order valence-electron chi connectivity index (χ4n) is 2.92. The third-order valence-corrected chi connectivity index (χ3v) is 4.40. The van der Waals surface area contributed by atoms with E-state index in [0.29, 0.717) is 28.0 Å². The summed E-state index contributed by atoms with van der Waals surface area (Å²) in [6.45, 7) is 0.118. The van der Waals surface area contributed by atoms with Gasteiger partial charge in [-0.05, 0) is 54.1 Å². The van der Waals surface area contributed by atoms with Gasteiger partial charge in [-0.15, -0.1) is 0 Å². The minimum absolute atomic E-state index is 0.118. The van der Waals surface area contributed by atoms with E-state index in [2.05, 4.69) is 0 Å². The number of hydrogen-bond donors (Lipinski definition) is 0.